The highest BCUT2D eigenvalue weighted by molar-refractivity contribution is 4.93. The molecule has 17 heavy (non-hydrogen) atoms. The Kier molecular flexibility index (Phi) is 6.25. The molecule has 0 nitrogen and oxygen atoms in total. The summed E-state index contributed by atoms with van der Waals surface area (Å²) in [7, 11) is 0. The van der Waals surface area contributed by atoms with Gasteiger partial charge in [0.25, 0.3) is 0 Å². The van der Waals surface area contributed by atoms with Crippen LogP contribution < -0.4 is 0 Å². The lowest BCUT2D eigenvalue weighted by Gasteiger charge is -2.51. The van der Waals surface area contributed by atoms with E-state index in [4.69, 9.17) is 0 Å². The van der Waals surface area contributed by atoms with Gasteiger partial charge in [0.05, 0.1) is 0 Å². The Labute approximate surface area is 111 Å². The van der Waals surface area contributed by atoms with Gasteiger partial charge in [-0.3, -0.25) is 0 Å². The van der Waals surface area contributed by atoms with E-state index >= 15 is 0 Å². The van der Waals surface area contributed by atoms with Gasteiger partial charge in [0.2, 0.25) is 0 Å². The first-order valence-corrected chi connectivity index (χ1v) is 7.56. The number of unbranched alkanes of at least 4 members (excludes halogenated alkanes) is 4. The molecule has 0 amide bonds. The molecule has 0 atom stereocenters. The summed E-state index contributed by atoms with van der Waals surface area (Å²) in [6.07, 6.45) is 8.34. The van der Waals surface area contributed by atoms with Crippen LogP contribution in [0.4, 0.5) is 0 Å². The van der Waals surface area contributed by atoms with Gasteiger partial charge < -0.3 is 0 Å². The van der Waals surface area contributed by atoms with Gasteiger partial charge in [0.1, 0.15) is 0 Å². The van der Waals surface area contributed by atoms with Gasteiger partial charge in [-0.05, 0) is 22.7 Å². The zero-order valence-corrected chi connectivity index (χ0v) is 13.7. The molecule has 0 bridgehead atoms. The van der Waals surface area contributed by atoms with Gasteiger partial charge in [-0.1, -0.05) is 87.5 Å². The molecule has 0 saturated carbocycles. The van der Waals surface area contributed by atoms with Crippen LogP contribution in [0.2, 0.25) is 0 Å². The van der Waals surface area contributed by atoms with E-state index in [-0.39, 0.29) is 0 Å². The standard InChI is InChI=1S/C17H36/c1-9-10-11-12-13-14-16(5,6)17(7,8)15(2,3)4/h9-14H2,1-8H3. The molecular weight excluding hydrogens is 204 g/mol. The quantitative estimate of drug-likeness (QED) is 0.449. The van der Waals surface area contributed by atoms with E-state index < -0.39 is 0 Å². The smallest absolute Gasteiger partial charge is 0.0254 e. The normalized spacial score (nSPS) is 14.1. The highest BCUT2D eigenvalue weighted by atomic mass is 14.5. The maximum atomic E-state index is 2.46. The van der Waals surface area contributed by atoms with E-state index in [0.29, 0.717) is 16.2 Å². The van der Waals surface area contributed by atoms with Gasteiger partial charge in [-0.15, -0.1) is 0 Å². The highest BCUT2D eigenvalue weighted by Crippen LogP contribution is 2.53. The molecule has 0 aliphatic rings. The fraction of sp³-hybridized carbons (Fsp3) is 1.00. The second-order valence-corrected chi connectivity index (χ2v) is 7.92. The van der Waals surface area contributed by atoms with E-state index in [9.17, 15) is 0 Å². The van der Waals surface area contributed by atoms with Crippen molar-refractivity contribution in [3.63, 3.8) is 0 Å². The number of hydrogen-bond acceptors (Lipinski definition) is 0. The van der Waals surface area contributed by atoms with Crippen molar-refractivity contribution in [2.75, 3.05) is 0 Å². The van der Waals surface area contributed by atoms with Crippen molar-refractivity contribution >= 4 is 0 Å². The first-order chi connectivity index (χ1) is 7.56. The summed E-state index contributed by atoms with van der Waals surface area (Å²) in [5.41, 5.74) is 1.18. The van der Waals surface area contributed by atoms with Gasteiger partial charge in [0.15, 0.2) is 0 Å². The third-order valence-corrected chi connectivity index (χ3v) is 5.47. The van der Waals surface area contributed by atoms with Gasteiger partial charge in [0, 0.05) is 0 Å². The lowest BCUT2D eigenvalue weighted by atomic mass is 9.54. The van der Waals surface area contributed by atoms with E-state index in [2.05, 4.69) is 55.4 Å². The molecular formula is C17H36. The Bertz CT molecular complexity index is 203. The van der Waals surface area contributed by atoms with Gasteiger partial charge in [-0.25, -0.2) is 0 Å². The van der Waals surface area contributed by atoms with Crippen LogP contribution in [-0.4, -0.2) is 0 Å². The van der Waals surface area contributed by atoms with Crippen LogP contribution in [-0.2, 0) is 0 Å². The van der Waals surface area contributed by atoms with E-state index in [1.54, 1.807) is 0 Å². The second kappa shape index (κ2) is 6.25. The summed E-state index contributed by atoms with van der Waals surface area (Å²) in [4.78, 5) is 0. The Balaban J connectivity index is 4.28. The Hall–Kier alpha value is 0. The third kappa shape index (κ3) is 4.64. The number of hydrogen-bond donors (Lipinski definition) is 0. The van der Waals surface area contributed by atoms with E-state index in [0.717, 1.165) is 0 Å². The molecule has 0 radical (unpaired) electrons. The van der Waals surface area contributed by atoms with Gasteiger partial charge in [-0.2, -0.15) is 0 Å². The summed E-state index contributed by atoms with van der Waals surface area (Å²) >= 11 is 0. The predicted octanol–water partition coefficient (Wildman–Crippen LogP) is 6.45. The lowest BCUT2D eigenvalue weighted by Crippen LogP contribution is -2.42. The summed E-state index contributed by atoms with van der Waals surface area (Å²) in [5, 5.41) is 0. The second-order valence-electron chi connectivity index (χ2n) is 7.92. The van der Waals surface area contributed by atoms with Crippen molar-refractivity contribution in [3.8, 4) is 0 Å². The van der Waals surface area contributed by atoms with E-state index in [1.165, 1.54) is 38.5 Å². The summed E-state index contributed by atoms with van der Waals surface area (Å²) in [5.74, 6) is 0. The largest absolute Gasteiger partial charge is 0.0654 e. The molecule has 0 heterocycles. The SMILES string of the molecule is CCCCCCCC(C)(C)C(C)(C)C(C)(C)C. The first kappa shape index (κ1) is 17.0. The Morgan fingerprint density at radius 3 is 1.53 bits per heavy atom. The molecule has 0 rings (SSSR count). The topological polar surface area (TPSA) is 0 Å². The van der Waals surface area contributed by atoms with Crippen molar-refractivity contribution in [2.45, 2.75) is 93.9 Å². The molecule has 0 aliphatic heterocycles. The van der Waals surface area contributed by atoms with Crippen molar-refractivity contribution in [3.05, 3.63) is 0 Å². The van der Waals surface area contributed by atoms with Crippen LogP contribution in [0.15, 0.2) is 0 Å². The molecule has 0 spiro atoms. The van der Waals surface area contributed by atoms with E-state index in [1.807, 2.05) is 0 Å². The average molecular weight is 240 g/mol. The van der Waals surface area contributed by atoms with Crippen LogP contribution >= 0.6 is 0 Å². The molecule has 0 aromatic rings. The molecule has 104 valence electrons. The fourth-order valence-corrected chi connectivity index (χ4v) is 2.50. The fourth-order valence-electron chi connectivity index (χ4n) is 2.50. The molecule has 0 aromatic carbocycles. The molecule has 0 heteroatoms. The monoisotopic (exact) mass is 240 g/mol. The molecule has 0 aliphatic carbocycles. The van der Waals surface area contributed by atoms with Crippen LogP contribution in [0, 0.1) is 16.2 Å². The average Bonchev–Trinajstić information content (AvgIpc) is 2.15. The third-order valence-electron chi connectivity index (χ3n) is 5.47. The molecule has 0 fully saturated rings. The Morgan fingerprint density at radius 1 is 0.647 bits per heavy atom. The van der Waals surface area contributed by atoms with Gasteiger partial charge >= 0.3 is 0 Å². The maximum absolute atomic E-state index is 2.46. The zero-order chi connectivity index (χ0) is 13.7. The van der Waals surface area contributed by atoms with Crippen molar-refractivity contribution in [2.24, 2.45) is 16.2 Å². The Morgan fingerprint density at radius 2 is 1.12 bits per heavy atom. The predicted molar refractivity (Wildman–Crippen MR) is 80.4 cm³/mol. The number of rotatable bonds is 7. The van der Waals surface area contributed by atoms with Crippen molar-refractivity contribution in [1.29, 1.82) is 0 Å². The van der Waals surface area contributed by atoms with Crippen LogP contribution in [0.5, 0.6) is 0 Å². The minimum absolute atomic E-state index is 0.375. The van der Waals surface area contributed by atoms with Crippen molar-refractivity contribution < 1.29 is 0 Å². The maximum Gasteiger partial charge on any atom is -0.0254 e. The van der Waals surface area contributed by atoms with Crippen molar-refractivity contribution in [1.82, 2.24) is 0 Å². The molecule has 0 aromatic heterocycles. The highest BCUT2D eigenvalue weighted by Gasteiger charge is 2.44. The molecule has 0 N–H and O–H groups in total. The van der Waals surface area contributed by atoms with Crippen LogP contribution in [0.1, 0.15) is 93.9 Å². The minimum atomic E-state index is 0.375. The zero-order valence-electron chi connectivity index (χ0n) is 13.7. The minimum Gasteiger partial charge on any atom is -0.0654 e. The summed E-state index contributed by atoms with van der Waals surface area (Å²) < 4.78 is 0. The van der Waals surface area contributed by atoms with Crippen LogP contribution in [0.25, 0.3) is 0 Å². The summed E-state index contributed by atoms with van der Waals surface area (Å²) in [6, 6.07) is 0. The molecule has 0 saturated heterocycles. The van der Waals surface area contributed by atoms with Crippen LogP contribution in [0.3, 0.4) is 0 Å². The molecule has 0 unspecified atom stereocenters. The summed E-state index contributed by atoms with van der Waals surface area (Å²) in [6.45, 7) is 19.2. The lowest BCUT2D eigenvalue weighted by molar-refractivity contribution is -0.0147. The first-order valence-electron chi connectivity index (χ1n) is 7.56.